The molecule has 2 aliphatic rings. The fraction of sp³-hybridized carbons (Fsp3) is 0.667. The van der Waals surface area contributed by atoms with Gasteiger partial charge in [-0.1, -0.05) is 30.7 Å². The van der Waals surface area contributed by atoms with Crippen LogP contribution in [0.2, 0.25) is 0 Å². The third-order valence-corrected chi connectivity index (χ3v) is 4.78. The Morgan fingerprint density at radius 2 is 2.00 bits per heavy atom. The lowest BCUT2D eigenvalue weighted by atomic mass is 10.1. The first-order chi connectivity index (χ1) is 9.83. The largest absolute Gasteiger partial charge is 0.311 e. The van der Waals surface area contributed by atoms with Crippen molar-refractivity contribution in [2.24, 2.45) is 0 Å². The molecule has 1 saturated heterocycles. The van der Waals surface area contributed by atoms with Gasteiger partial charge in [0.2, 0.25) is 0 Å². The lowest BCUT2D eigenvalue weighted by Crippen LogP contribution is -2.42. The number of rotatable bonds is 6. The minimum absolute atomic E-state index is 0.668. The van der Waals surface area contributed by atoms with Crippen LogP contribution in [0.4, 0.5) is 0 Å². The highest BCUT2D eigenvalue weighted by Gasteiger charge is 2.23. The van der Waals surface area contributed by atoms with E-state index in [1.54, 1.807) is 5.56 Å². The van der Waals surface area contributed by atoms with Gasteiger partial charge in [-0.25, -0.2) is 0 Å². The summed E-state index contributed by atoms with van der Waals surface area (Å²) in [5.41, 5.74) is 2.99. The average molecular weight is 272 g/mol. The molecule has 0 amide bonds. The highest BCUT2D eigenvalue weighted by molar-refractivity contribution is 5.29. The molecule has 1 heterocycles. The molecule has 0 bridgehead atoms. The molecule has 0 radical (unpaired) electrons. The fourth-order valence-corrected chi connectivity index (χ4v) is 3.29. The Morgan fingerprint density at radius 1 is 1.20 bits per heavy atom. The van der Waals surface area contributed by atoms with E-state index < -0.39 is 0 Å². The van der Waals surface area contributed by atoms with Gasteiger partial charge in [0.15, 0.2) is 0 Å². The summed E-state index contributed by atoms with van der Waals surface area (Å²) in [5.74, 6) is 0.863. The van der Waals surface area contributed by atoms with Gasteiger partial charge in [-0.2, -0.15) is 0 Å². The van der Waals surface area contributed by atoms with Crippen LogP contribution in [0.25, 0.3) is 0 Å². The first kappa shape index (κ1) is 14.1. The predicted octanol–water partition coefficient (Wildman–Crippen LogP) is 3.53. The Hall–Kier alpha value is -0.860. The Labute approximate surface area is 123 Å². The lowest BCUT2D eigenvalue weighted by Gasteiger charge is -2.32. The van der Waals surface area contributed by atoms with Gasteiger partial charge in [0, 0.05) is 19.1 Å². The summed E-state index contributed by atoms with van der Waals surface area (Å²) in [6.45, 7) is 7.06. The predicted molar refractivity (Wildman–Crippen MR) is 85.0 cm³/mol. The minimum atomic E-state index is 0.668. The second-order valence-electron chi connectivity index (χ2n) is 6.60. The van der Waals surface area contributed by atoms with Gasteiger partial charge < -0.3 is 5.32 Å². The molecule has 20 heavy (non-hydrogen) atoms. The van der Waals surface area contributed by atoms with Crippen LogP contribution in [-0.4, -0.2) is 30.6 Å². The van der Waals surface area contributed by atoms with Crippen LogP contribution >= 0.6 is 0 Å². The zero-order valence-electron chi connectivity index (χ0n) is 12.8. The molecule has 1 aromatic rings. The second kappa shape index (κ2) is 6.73. The topological polar surface area (TPSA) is 15.3 Å². The van der Waals surface area contributed by atoms with Gasteiger partial charge in [-0.15, -0.1) is 0 Å². The standard InChI is InChI=1S/C18H28N2/c1-15(20-10-3-2-4-11-20)13-19-14-16-6-5-7-18(12-16)17-8-9-17/h5-7,12,15,17,19H,2-4,8-11,13-14H2,1H3. The molecule has 1 atom stereocenters. The maximum atomic E-state index is 3.64. The van der Waals surface area contributed by atoms with Crippen LogP contribution in [0.5, 0.6) is 0 Å². The number of benzene rings is 1. The Bertz CT molecular complexity index is 419. The van der Waals surface area contributed by atoms with Crippen LogP contribution in [-0.2, 0) is 6.54 Å². The quantitative estimate of drug-likeness (QED) is 0.852. The molecule has 1 aliphatic carbocycles. The third kappa shape index (κ3) is 3.83. The van der Waals surface area contributed by atoms with E-state index in [1.807, 2.05) is 0 Å². The van der Waals surface area contributed by atoms with Crippen LogP contribution in [0.3, 0.4) is 0 Å². The Balaban J connectivity index is 1.43. The van der Waals surface area contributed by atoms with Crippen molar-refractivity contribution in [1.29, 1.82) is 0 Å². The summed E-state index contributed by atoms with van der Waals surface area (Å²) in [4.78, 5) is 2.64. The third-order valence-electron chi connectivity index (χ3n) is 4.78. The maximum absolute atomic E-state index is 3.64. The average Bonchev–Trinajstić information content (AvgIpc) is 3.33. The highest BCUT2D eigenvalue weighted by atomic mass is 15.2. The van der Waals surface area contributed by atoms with E-state index in [0.717, 1.165) is 19.0 Å². The van der Waals surface area contributed by atoms with Crippen molar-refractivity contribution in [1.82, 2.24) is 10.2 Å². The molecule has 110 valence electrons. The maximum Gasteiger partial charge on any atom is 0.0206 e. The molecule has 1 saturated carbocycles. The summed E-state index contributed by atoms with van der Waals surface area (Å²) in [7, 11) is 0. The minimum Gasteiger partial charge on any atom is -0.311 e. The van der Waals surface area contributed by atoms with E-state index >= 15 is 0 Å². The highest BCUT2D eigenvalue weighted by Crippen LogP contribution is 2.40. The van der Waals surface area contributed by atoms with Gasteiger partial charge in [0.25, 0.3) is 0 Å². The molecule has 2 heteroatoms. The van der Waals surface area contributed by atoms with E-state index in [0.29, 0.717) is 6.04 Å². The summed E-state index contributed by atoms with van der Waals surface area (Å²) in [6.07, 6.45) is 6.97. The summed E-state index contributed by atoms with van der Waals surface area (Å²) >= 11 is 0. The number of hydrogen-bond acceptors (Lipinski definition) is 2. The van der Waals surface area contributed by atoms with Crippen LogP contribution in [0.15, 0.2) is 24.3 Å². The second-order valence-corrected chi connectivity index (χ2v) is 6.60. The monoisotopic (exact) mass is 272 g/mol. The van der Waals surface area contributed by atoms with Crippen molar-refractivity contribution in [2.45, 2.75) is 57.5 Å². The first-order valence-corrected chi connectivity index (χ1v) is 8.36. The summed E-state index contributed by atoms with van der Waals surface area (Å²) < 4.78 is 0. The van der Waals surface area contributed by atoms with Crippen molar-refractivity contribution < 1.29 is 0 Å². The first-order valence-electron chi connectivity index (χ1n) is 8.36. The van der Waals surface area contributed by atoms with E-state index in [2.05, 4.69) is 41.4 Å². The van der Waals surface area contributed by atoms with Gasteiger partial charge in [-0.3, -0.25) is 4.90 Å². The molecule has 2 nitrogen and oxygen atoms in total. The van der Waals surface area contributed by atoms with Crippen molar-refractivity contribution in [2.75, 3.05) is 19.6 Å². The molecular formula is C18H28N2. The number of piperidine rings is 1. The molecule has 1 aromatic carbocycles. The summed E-state index contributed by atoms with van der Waals surface area (Å²) in [6, 6.07) is 9.83. The van der Waals surface area contributed by atoms with Crippen molar-refractivity contribution in [3.05, 3.63) is 35.4 Å². The molecule has 3 rings (SSSR count). The molecule has 1 unspecified atom stereocenters. The SMILES string of the molecule is CC(CNCc1cccc(C2CC2)c1)N1CCCCC1. The number of nitrogens with zero attached hydrogens (tertiary/aromatic N) is 1. The Kier molecular flexibility index (Phi) is 4.74. The zero-order valence-corrected chi connectivity index (χ0v) is 12.8. The van der Waals surface area contributed by atoms with Crippen molar-refractivity contribution >= 4 is 0 Å². The van der Waals surface area contributed by atoms with E-state index in [9.17, 15) is 0 Å². The summed E-state index contributed by atoms with van der Waals surface area (Å²) in [5, 5.41) is 3.64. The van der Waals surface area contributed by atoms with Crippen molar-refractivity contribution in [3.8, 4) is 0 Å². The molecule has 0 spiro atoms. The van der Waals surface area contributed by atoms with Crippen LogP contribution < -0.4 is 5.32 Å². The Morgan fingerprint density at radius 3 is 2.75 bits per heavy atom. The van der Waals surface area contributed by atoms with Crippen LogP contribution in [0.1, 0.15) is 56.1 Å². The lowest BCUT2D eigenvalue weighted by molar-refractivity contribution is 0.170. The van der Waals surface area contributed by atoms with Gasteiger partial charge in [0.05, 0.1) is 0 Å². The van der Waals surface area contributed by atoms with Crippen LogP contribution in [0, 0.1) is 0 Å². The van der Waals surface area contributed by atoms with Crippen molar-refractivity contribution in [3.63, 3.8) is 0 Å². The van der Waals surface area contributed by atoms with Gasteiger partial charge >= 0.3 is 0 Å². The van der Waals surface area contributed by atoms with E-state index in [-0.39, 0.29) is 0 Å². The molecule has 2 fully saturated rings. The number of nitrogens with one attached hydrogen (secondary N) is 1. The smallest absolute Gasteiger partial charge is 0.0206 e. The number of hydrogen-bond donors (Lipinski definition) is 1. The van der Waals surface area contributed by atoms with E-state index in [4.69, 9.17) is 0 Å². The molecular weight excluding hydrogens is 244 g/mol. The normalized spacial score (nSPS) is 21.9. The van der Waals surface area contributed by atoms with Gasteiger partial charge in [0.1, 0.15) is 0 Å². The molecule has 1 aliphatic heterocycles. The van der Waals surface area contributed by atoms with E-state index in [1.165, 1.54) is 50.8 Å². The molecule has 1 N–H and O–H groups in total. The zero-order chi connectivity index (χ0) is 13.8. The number of likely N-dealkylation sites (tertiary alicyclic amines) is 1. The molecule has 0 aromatic heterocycles. The van der Waals surface area contributed by atoms with Gasteiger partial charge in [-0.05, 0) is 62.7 Å². The fourth-order valence-electron chi connectivity index (χ4n) is 3.29.